The molecule has 0 aromatic heterocycles. The van der Waals surface area contributed by atoms with Crippen molar-refractivity contribution in [2.45, 2.75) is 54.4 Å². The number of carboxylic acid groups (broad SMARTS) is 4. The molecule has 0 amide bonds. The third-order valence-corrected chi connectivity index (χ3v) is 7.18. The van der Waals surface area contributed by atoms with Crippen LogP contribution in [0.15, 0.2) is 0 Å². The molecule has 0 radical (unpaired) electrons. The number of hydrogen-bond acceptors (Lipinski definition) is 4. The fourth-order valence-corrected chi connectivity index (χ4v) is 5.43. The van der Waals surface area contributed by atoms with E-state index in [2.05, 4.69) is 0 Å². The molecule has 160 valence electrons. The van der Waals surface area contributed by atoms with Gasteiger partial charge in [0.05, 0.1) is 0 Å². The fourth-order valence-electron chi connectivity index (χ4n) is 5.43. The van der Waals surface area contributed by atoms with Gasteiger partial charge < -0.3 is 20.4 Å². The number of carbonyl (C=O) groups is 4. The molecular weight excluding hydrogens is 368 g/mol. The molecule has 0 spiro atoms. The van der Waals surface area contributed by atoms with E-state index in [4.69, 9.17) is 0 Å². The number of hydrogen-bond donors (Lipinski definition) is 4. The van der Waals surface area contributed by atoms with E-state index in [-0.39, 0.29) is 12.3 Å². The molecule has 8 nitrogen and oxygen atoms in total. The van der Waals surface area contributed by atoms with Crippen LogP contribution in [0.3, 0.4) is 0 Å². The molecule has 1 rings (SSSR count). The molecule has 1 aliphatic carbocycles. The quantitative estimate of drug-likeness (QED) is 0.454. The maximum atomic E-state index is 12.4. The largest absolute Gasteiger partial charge is 0.480 e. The molecular formula is C20H32O8. The lowest BCUT2D eigenvalue weighted by molar-refractivity contribution is -0.199. The van der Waals surface area contributed by atoms with Gasteiger partial charge in [-0.1, -0.05) is 48.0 Å². The average molecular weight is 400 g/mol. The van der Waals surface area contributed by atoms with Crippen LogP contribution in [0.4, 0.5) is 0 Å². The molecule has 4 N–H and O–H groups in total. The van der Waals surface area contributed by atoms with Crippen LogP contribution in [0.1, 0.15) is 54.4 Å². The Kier molecular flexibility index (Phi) is 6.91. The van der Waals surface area contributed by atoms with E-state index in [1.54, 1.807) is 6.92 Å². The Hall–Kier alpha value is -2.12. The minimum atomic E-state index is -2.29. The summed E-state index contributed by atoms with van der Waals surface area (Å²) < 4.78 is 0. The first-order valence-electron chi connectivity index (χ1n) is 9.65. The lowest BCUT2D eigenvalue weighted by Crippen LogP contribution is -2.62. The first-order chi connectivity index (χ1) is 12.7. The summed E-state index contributed by atoms with van der Waals surface area (Å²) in [6.45, 7) is 9.47. The van der Waals surface area contributed by atoms with Gasteiger partial charge in [0.15, 0.2) is 10.8 Å². The lowest BCUT2D eigenvalue weighted by atomic mass is 9.47. The molecule has 4 unspecified atom stereocenters. The minimum absolute atomic E-state index is 0.0643. The third-order valence-electron chi connectivity index (χ3n) is 7.18. The highest BCUT2D eigenvalue weighted by Gasteiger charge is 2.67. The van der Waals surface area contributed by atoms with Crippen molar-refractivity contribution in [2.75, 3.05) is 0 Å². The summed E-state index contributed by atoms with van der Waals surface area (Å²) in [4.78, 5) is 49.3. The van der Waals surface area contributed by atoms with Crippen molar-refractivity contribution in [1.82, 2.24) is 0 Å². The Morgan fingerprint density at radius 1 is 0.714 bits per heavy atom. The molecule has 1 aliphatic rings. The van der Waals surface area contributed by atoms with E-state index in [1.807, 2.05) is 6.92 Å². The van der Waals surface area contributed by atoms with E-state index in [0.717, 1.165) is 0 Å². The van der Waals surface area contributed by atoms with Gasteiger partial charge >= 0.3 is 23.9 Å². The summed E-state index contributed by atoms with van der Waals surface area (Å²) in [6, 6.07) is 0. The summed E-state index contributed by atoms with van der Waals surface area (Å²) in [5.41, 5.74) is -4.56. The monoisotopic (exact) mass is 400 g/mol. The second-order valence-corrected chi connectivity index (χ2v) is 8.81. The van der Waals surface area contributed by atoms with E-state index in [9.17, 15) is 39.6 Å². The maximum Gasteiger partial charge on any atom is 0.321 e. The smallest absolute Gasteiger partial charge is 0.321 e. The van der Waals surface area contributed by atoms with Gasteiger partial charge in [-0.15, -0.1) is 0 Å². The fraction of sp³-hybridized carbons (Fsp3) is 0.800. The molecule has 28 heavy (non-hydrogen) atoms. The first kappa shape index (κ1) is 23.9. The molecule has 0 saturated heterocycles. The Balaban J connectivity index is 3.96. The average Bonchev–Trinajstić information content (AvgIpc) is 2.52. The highest BCUT2D eigenvalue weighted by atomic mass is 16.4. The lowest BCUT2D eigenvalue weighted by Gasteiger charge is -2.53. The summed E-state index contributed by atoms with van der Waals surface area (Å²) in [6.07, 6.45) is 0.646. The molecule has 0 bridgehead atoms. The molecule has 1 fully saturated rings. The van der Waals surface area contributed by atoms with Gasteiger partial charge in [0.2, 0.25) is 0 Å². The van der Waals surface area contributed by atoms with E-state index < -0.39 is 64.3 Å². The zero-order chi connectivity index (χ0) is 22.2. The highest BCUT2D eigenvalue weighted by molar-refractivity contribution is 6.01. The molecule has 0 aromatic carbocycles. The SMILES string of the molecule is CC1CCC(C(C(=O)O)(C(=O)O)C(C)C)C(C(C(=O)O)(C(=O)O)C(C)C)C1C. The van der Waals surface area contributed by atoms with Crippen molar-refractivity contribution in [3.63, 3.8) is 0 Å². The van der Waals surface area contributed by atoms with Crippen LogP contribution in [0.25, 0.3) is 0 Å². The Labute approximate surface area is 164 Å². The van der Waals surface area contributed by atoms with Crippen molar-refractivity contribution >= 4 is 23.9 Å². The molecule has 1 saturated carbocycles. The van der Waals surface area contributed by atoms with Crippen molar-refractivity contribution in [3.05, 3.63) is 0 Å². The number of aliphatic carboxylic acids is 4. The standard InChI is InChI=1S/C20H32O8/c1-9(2)19(15(21)22,16(23)24)13-8-7-11(5)12(6)14(13)20(10(3)4,17(25)26)18(27)28/h9-14H,7-8H2,1-6H3,(H,21,22)(H,23,24)(H,25,26)(H,27,28). The molecule has 8 heteroatoms. The summed E-state index contributed by atoms with van der Waals surface area (Å²) in [5, 5.41) is 40.1. The van der Waals surface area contributed by atoms with Crippen LogP contribution < -0.4 is 0 Å². The van der Waals surface area contributed by atoms with E-state index >= 15 is 0 Å². The topological polar surface area (TPSA) is 149 Å². The van der Waals surface area contributed by atoms with Crippen LogP contribution in [-0.4, -0.2) is 44.3 Å². The van der Waals surface area contributed by atoms with Crippen LogP contribution >= 0.6 is 0 Å². The summed E-state index contributed by atoms with van der Waals surface area (Å²) >= 11 is 0. The zero-order valence-electron chi connectivity index (χ0n) is 17.3. The number of carboxylic acids is 4. The second kappa shape index (κ2) is 8.09. The van der Waals surface area contributed by atoms with Gasteiger partial charge in [0.25, 0.3) is 0 Å². The molecule has 0 aliphatic heterocycles. The van der Waals surface area contributed by atoms with Crippen LogP contribution in [-0.2, 0) is 19.2 Å². The molecule has 0 aromatic rings. The minimum Gasteiger partial charge on any atom is -0.480 e. The van der Waals surface area contributed by atoms with Crippen LogP contribution in [0.2, 0.25) is 0 Å². The van der Waals surface area contributed by atoms with E-state index in [1.165, 1.54) is 27.7 Å². The Morgan fingerprint density at radius 2 is 1.07 bits per heavy atom. The molecule has 4 atom stereocenters. The van der Waals surface area contributed by atoms with Crippen molar-refractivity contribution in [2.24, 2.45) is 46.3 Å². The van der Waals surface area contributed by atoms with Crippen LogP contribution in [0.5, 0.6) is 0 Å². The third kappa shape index (κ3) is 3.16. The van der Waals surface area contributed by atoms with Crippen molar-refractivity contribution < 1.29 is 39.6 Å². The summed E-state index contributed by atoms with van der Waals surface area (Å²) in [7, 11) is 0. The predicted octanol–water partition coefficient (Wildman–Crippen LogP) is 2.91. The normalized spacial score (nSPS) is 26.3. The van der Waals surface area contributed by atoms with Gasteiger partial charge in [0, 0.05) is 0 Å². The zero-order valence-corrected chi connectivity index (χ0v) is 17.3. The maximum absolute atomic E-state index is 12.4. The second-order valence-electron chi connectivity index (χ2n) is 8.81. The first-order valence-corrected chi connectivity index (χ1v) is 9.65. The van der Waals surface area contributed by atoms with Crippen molar-refractivity contribution in [1.29, 1.82) is 0 Å². The van der Waals surface area contributed by atoms with Gasteiger partial charge in [-0.05, 0) is 41.9 Å². The van der Waals surface area contributed by atoms with Gasteiger partial charge in [-0.2, -0.15) is 0 Å². The van der Waals surface area contributed by atoms with E-state index in [0.29, 0.717) is 6.42 Å². The van der Waals surface area contributed by atoms with Crippen LogP contribution in [0, 0.1) is 46.3 Å². The van der Waals surface area contributed by atoms with Gasteiger partial charge in [-0.3, -0.25) is 19.2 Å². The van der Waals surface area contributed by atoms with Gasteiger partial charge in [-0.25, -0.2) is 0 Å². The number of rotatable bonds is 8. The Morgan fingerprint density at radius 3 is 1.36 bits per heavy atom. The highest BCUT2D eigenvalue weighted by Crippen LogP contribution is 2.58. The van der Waals surface area contributed by atoms with Crippen molar-refractivity contribution in [3.8, 4) is 0 Å². The predicted molar refractivity (Wildman–Crippen MR) is 99.6 cm³/mol. The van der Waals surface area contributed by atoms with Gasteiger partial charge in [0.1, 0.15) is 0 Å². The summed E-state index contributed by atoms with van der Waals surface area (Å²) in [5.74, 6) is -10.8. The molecule has 0 heterocycles. The Bertz CT molecular complexity index is 623.